The Morgan fingerprint density at radius 1 is 1.03 bits per heavy atom. The van der Waals surface area contributed by atoms with Gasteiger partial charge in [-0.2, -0.15) is 0 Å². The third kappa shape index (κ3) is 5.91. The van der Waals surface area contributed by atoms with Gasteiger partial charge in [0.2, 0.25) is 0 Å². The maximum absolute atomic E-state index is 12.4. The van der Waals surface area contributed by atoms with E-state index >= 15 is 0 Å². The van der Waals surface area contributed by atoms with E-state index in [1.54, 1.807) is 37.3 Å². The van der Waals surface area contributed by atoms with Crippen molar-refractivity contribution in [1.82, 2.24) is 5.32 Å². The highest BCUT2D eigenvalue weighted by molar-refractivity contribution is 7.17. The van der Waals surface area contributed by atoms with Gasteiger partial charge in [-0.15, -0.1) is 11.3 Å². The van der Waals surface area contributed by atoms with Crippen LogP contribution in [0.1, 0.15) is 50.9 Å². The minimum absolute atomic E-state index is 0.239. The van der Waals surface area contributed by atoms with Crippen LogP contribution < -0.4 is 10.6 Å². The van der Waals surface area contributed by atoms with Crippen LogP contribution in [0.5, 0.6) is 0 Å². The zero-order chi connectivity index (χ0) is 22.2. The number of carbonyl (C=O) groups excluding carboxylic acids is 4. The van der Waals surface area contributed by atoms with Crippen molar-refractivity contribution in [1.29, 1.82) is 0 Å². The summed E-state index contributed by atoms with van der Waals surface area (Å²) in [6, 6.07) is 8.45. The molecular weight excluding hydrogens is 420 g/mol. The van der Waals surface area contributed by atoms with Crippen LogP contribution in [0.25, 0.3) is 0 Å². The standard InChI is InChI=1S/C22H24N2O6S/c1-2-29-22(28)19-15-10-6-7-11-16(15)31-21(19)24-17(25)13-30-18(26)12-23-20(27)14-8-4-3-5-9-14/h3-5,8-9H,2,6-7,10-13H2,1H3,(H,23,27)(H,24,25). The fraction of sp³-hybridized carbons (Fsp3) is 0.364. The number of hydrogen-bond acceptors (Lipinski definition) is 7. The first-order valence-electron chi connectivity index (χ1n) is 10.1. The van der Waals surface area contributed by atoms with Gasteiger partial charge in [-0.25, -0.2) is 4.79 Å². The summed E-state index contributed by atoms with van der Waals surface area (Å²) in [6.45, 7) is 1.08. The number of thiophene rings is 1. The summed E-state index contributed by atoms with van der Waals surface area (Å²) in [5.41, 5.74) is 1.75. The van der Waals surface area contributed by atoms with Crippen molar-refractivity contribution in [2.24, 2.45) is 0 Å². The second-order valence-electron chi connectivity index (χ2n) is 6.89. The molecule has 0 bridgehead atoms. The van der Waals surface area contributed by atoms with Gasteiger partial charge in [0.25, 0.3) is 11.8 Å². The average molecular weight is 445 g/mol. The van der Waals surface area contributed by atoms with E-state index in [2.05, 4.69) is 10.6 Å². The lowest BCUT2D eigenvalue weighted by atomic mass is 9.95. The Hall–Kier alpha value is -3.20. The van der Waals surface area contributed by atoms with E-state index < -0.39 is 30.4 Å². The molecule has 1 heterocycles. The molecule has 3 rings (SSSR count). The summed E-state index contributed by atoms with van der Waals surface area (Å²) in [7, 11) is 0. The smallest absolute Gasteiger partial charge is 0.341 e. The van der Waals surface area contributed by atoms with Gasteiger partial charge in [-0.05, 0) is 50.3 Å². The molecule has 0 saturated carbocycles. The molecule has 0 radical (unpaired) electrons. The molecule has 0 spiro atoms. The van der Waals surface area contributed by atoms with Crippen molar-refractivity contribution >= 4 is 40.1 Å². The van der Waals surface area contributed by atoms with E-state index in [9.17, 15) is 19.2 Å². The van der Waals surface area contributed by atoms with Gasteiger partial charge < -0.3 is 20.1 Å². The average Bonchev–Trinajstić information content (AvgIpc) is 3.14. The third-order valence-electron chi connectivity index (χ3n) is 4.70. The van der Waals surface area contributed by atoms with Gasteiger partial charge in [-0.1, -0.05) is 18.2 Å². The first-order chi connectivity index (χ1) is 15.0. The van der Waals surface area contributed by atoms with Crippen LogP contribution in [-0.4, -0.2) is 43.5 Å². The molecule has 0 fully saturated rings. The van der Waals surface area contributed by atoms with Gasteiger partial charge in [0, 0.05) is 10.4 Å². The minimum atomic E-state index is -0.740. The lowest BCUT2D eigenvalue weighted by Gasteiger charge is -2.12. The molecular formula is C22H24N2O6S. The van der Waals surface area contributed by atoms with E-state index in [0.29, 0.717) is 16.1 Å². The Labute approximate surface area is 183 Å². The first-order valence-corrected chi connectivity index (χ1v) is 10.9. The number of esters is 2. The number of rotatable bonds is 8. The van der Waals surface area contributed by atoms with Crippen LogP contribution in [0.3, 0.4) is 0 Å². The molecule has 31 heavy (non-hydrogen) atoms. The lowest BCUT2D eigenvalue weighted by molar-refractivity contribution is -0.146. The van der Waals surface area contributed by atoms with Crippen LogP contribution in [-0.2, 0) is 31.9 Å². The normalized spacial score (nSPS) is 12.4. The summed E-state index contributed by atoms with van der Waals surface area (Å²) < 4.78 is 10.1. The second kappa shape index (κ2) is 10.7. The van der Waals surface area contributed by atoms with E-state index in [0.717, 1.165) is 36.1 Å². The highest BCUT2D eigenvalue weighted by atomic mass is 32.1. The maximum atomic E-state index is 12.4. The Morgan fingerprint density at radius 2 is 1.77 bits per heavy atom. The van der Waals surface area contributed by atoms with Gasteiger partial charge in [0.1, 0.15) is 11.5 Å². The van der Waals surface area contributed by atoms with Gasteiger partial charge in [0.15, 0.2) is 6.61 Å². The molecule has 0 saturated heterocycles. The number of anilines is 1. The van der Waals surface area contributed by atoms with Crippen molar-refractivity contribution in [3.05, 3.63) is 51.9 Å². The number of nitrogens with one attached hydrogen (secondary N) is 2. The van der Waals surface area contributed by atoms with Crippen LogP contribution >= 0.6 is 11.3 Å². The Balaban J connectivity index is 1.53. The predicted molar refractivity (Wildman–Crippen MR) is 115 cm³/mol. The highest BCUT2D eigenvalue weighted by Crippen LogP contribution is 2.38. The van der Waals surface area contributed by atoms with Crippen molar-refractivity contribution in [3.8, 4) is 0 Å². The van der Waals surface area contributed by atoms with Crippen molar-refractivity contribution in [2.45, 2.75) is 32.6 Å². The molecule has 8 nitrogen and oxygen atoms in total. The van der Waals surface area contributed by atoms with E-state index in [-0.39, 0.29) is 13.2 Å². The number of ether oxygens (including phenoxy) is 2. The van der Waals surface area contributed by atoms with Crippen LogP contribution in [0, 0.1) is 0 Å². The molecule has 1 aromatic carbocycles. The number of fused-ring (bicyclic) bond motifs is 1. The van der Waals surface area contributed by atoms with E-state index in [1.165, 1.54) is 11.3 Å². The molecule has 1 aromatic heterocycles. The largest absolute Gasteiger partial charge is 0.462 e. The monoisotopic (exact) mass is 444 g/mol. The van der Waals surface area contributed by atoms with Crippen LogP contribution in [0.4, 0.5) is 5.00 Å². The molecule has 2 aromatic rings. The number of amides is 2. The second-order valence-corrected chi connectivity index (χ2v) is 8.00. The summed E-state index contributed by atoms with van der Waals surface area (Å²) in [5.74, 6) is -2.18. The van der Waals surface area contributed by atoms with Crippen molar-refractivity contribution in [3.63, 3.8) is 0 Å². The van der Waals surface area contributed by atoms with Crippen molar-refractivity contribution in [2.75, 3.05) is 25.1 Å². The lowest BCUT2D eigenvalue weighted by Crippen LogP contribution is -2.32. The molecule has 0 unspecified atom stereocenters. The zero-order valence-corrected chi connectivity index (χ0v) is 18.0. The molecule has 1 aliphatic rings. The number of benzene rings is 1. The fourth-order valence-corrected chi connectivity index (χ4v) is 4.57. The van der Waals surface area contributed by atoms with E-state index in [4.69, 9.17) is 9.47 Å². The van der Waals surface area contributed by atoms with Crippen LogP contribution in [0.15, 0.2) is 30.3 Å². The quantitative estimate of drug-likeness (QED) is 0.606. The minimum Gasteiger partial charge on any atom is -0.462 e. The number of aryl methyl sites for hydroxylation is 1. The maximum Gasteiger partial charge on any atom is 0.341 e. The SMILES string of the molecule is CCOC(=O)c1c(NC(=O)COC(=O)CNC(=O)c2ccccc2)sc2c1CCCC2. The molecule has 2 amide bonds. The molecule has 2 N–H and O–H groups in total. The van der Waals surface area contributed by atoms with E-state index in [1.807, 2.05) is 0 Å². The van der Waals surface area contributed by atoms with Gasteiger partial charge in [-0.3, -0.25) is 14.4 Å². The summed E-state index contributed by atoms with van der Waals surface area (Å²) in [5, 5.41) is 5.53. The Kier molecular flexibility index (Phi) is 7.77. The fourth-order valence-electron chi connectivity index (χ4n) is 3.28. The number of hydrogen-bond donors (Lipinski definition) is 2. The first kappa shape index (κ1) is 22.5. The molecule has 164 valence electrons. The third-order valence-corrected chi connectivity index (χ3v) is 5.90. The highest BCUT2D eigenvalue weighted by Gasteiger charge is 2.27. The Bertz CT molecular complexity index is 970. The van der Waals surface area contributed by atoms with Crippen LogP contribution in [0.2, 0.25) is 0 Å². The summed E-state index contributed by atoms with van der Waals surface area (Å²) in [6.07, 6.45) is 3.65. The number of carbonyl (C=O) groups is 4. The van der Waals surface area contributed by atoms with Gasteiger partial charge >= 0.3 is 11.9 Å². The molecule has 9 heteroatoms. The topological polar surface area (TPSA) is 111 Å². The van der Waals surface area contributed by atoms with Crippen molar-refractivity contribution < 1.29 is 28.7 Å². The predicted octanol–water partition coefficient (Wildman–Crippen LogP) is 2.72. The Morgan fingerprint density at radius 3 is 2.52 bits per heavy atom. The molecule has 1 aliphatic carbocycles. The zero-order valence-electron chi connectivity index (χ0n) is 17.2. The van der Waals surface area contributed by atoms with Gasteiger partial charge in [0.05, 0.1) is 12.2 Å². The summed E-state index contributed by atoms with van der Waals surface area (Å²) >= 11 is 1.36. The summed E-state index contributed by atoms with van der Waals surface area (Å²) in [4.78, 5) is 49.6. The molecule has 0 atom stereocenters. The molecule has 0 aliphatic heterocycles.